The molecule has 6 rings (SSSR count). The summed E-state index contributed by atoms with van der Waals surface area (Å²) in [5.41, 5.74) is 6.43. The van der Waals surface area contributed by atoms with Crippen LogP contribution in [0.15, 0.2) is 55.1 Å². The largest absolute Gasteiger partial charge is 0.394 e. The molecule has 1 fully saturated rings. The number of benzene rings is 1. The van der Waals surface area contributed by atoms with Gasteiger partial charge >= 0.3 is 0 Å². The van der Waals surface area contributed by atoms with Gasteiger partial charge in [0.1, 0.15) is 0 Å². The molecule has 38 heavy (non-hydrogen) atoms. The predicted octanol–water partition coefficient (Wildman–Crippen LogP) is 3.16. The summed E-state index contributed by atoms with van der Waals surface area (Å²) in [7, 11) is 0. The number of rotatable bonds is 7. The van der Waals surface area contributed by atoms with E-state index in [9.17, 15) is 13.6 Å². The Morgan fingerprint density at radius 1 is 1.13 bits per heavy atom. The van der Waals surface area contributed by atoms with E-state index in [2.05, 4.69) is 37.0 Å². The SMILES string of the molecule is Cc1ccc(-n2nnc(C3CC3(F)F)n2)cc1NC=O.Cc1cnn2ccc(-c3cnn(CCO)c3)cc12. The first-order chi connectivity index (χ1) is 18.3. The summed E-state index contributed by atoms with van der Waals surface area (Å²) >= 11 is 0. The number of carbonyl (C=O) groups excluding carboxylic acids is 1. The van der Waals surface area contributed by atoms with Crippen molar-refractivity contribution < 1.29 is 18.7 Å². The molecule has 0 radical (unpaired) electrons. The molecule has 1 aromatic carbocycles. The number of nitrogens with zero attached hydrogens (tertiary/aromatic N) is 8. The molecule has 0 aliphatic heterocycles. The molecule has 1 unspecified atom stereocenters. The van der Waals surface area contributed by atoms with Gasteiger partial charge in [-0.05, 0) is 60.0 Å². The van der Waals surface area contributed by atoms with Gasteiger partial charge in [-0.2, -0.15) is 10.2 Å². The van der Waals surface area contributed by atoms with E-state index in [0.717, 1.165) is 27.8 Å². The van der Waals surface area contributed by atoms with Gasteiger partial charge in [0.05, 0.1) is 42.7 Å². The quantitative estimate of drug-likeness (QED) is 0.315. The maximum atomic E-state index is 12.9. The highest BCUT2D eigenvalue weighted by Crippen LogP contribution is 2.54. The predicted molar refractivity (Wildman–Crippen MR) is 134 cm³/mol. The molecule has 1 aliphatic carbocycles. The Kier molecular flexibility index (Phi) is 6.68. The van der Waals surface area contributed by atoms with E-state index in [1.54, 1.807) is 22.9 Å². The van der Waals surface area contributed by atoms with Crippen LogP contribution in [0, 0.1) is 13.8 Å². The Morgan fingerprint density at radius 2 is 1.95 bits per heavy atom. The third-order valence-corrected chi connectivity index (χ3v) is 6.24. The molecule has 2 N–H and O–H groups in total. The average molecular weight is 522 g/mol. The molecule has 1 aliphatic rings. The van der Waals surface area contributed by atoms with E-state index in [4.69, 9.17) is 5.11 Å². The van der Waals surface area contributed by atoms with Crippen LogP contribution in [0.4, 0.5) is 14.5 Å². The molecule has 11 nitrogen and oxygen atoms in total. The first-order valence-electron chi connectivity index (χ1n) is 11.9. The Morgan fingerprint density at radius 3 is 2.68 bits per heavy atom. The number of hydrogen-bond acceptors (Lipinski definition) is 7. The number of hydrogen-bond donors (Lipinski definition) is 2. The number of halogens is 2. The third-order valence-electron chi connectivity index (χ3n) is 6.24. The number of pyridine rings is 1. The van der Waals surface area contributed by atoms with Crippen molar-refractivity contribution in [2.45, 2.75) is 38.7 Å². The summed E-state index contributed by atoms with van der Waals surface area (Å²) in [5.74, 6) is -3.61. The number of aryl methyl sites for hydroxylation is 2. The van der Waals surface area contributed by atoms with Gasteiger partial charge in [0.25, 0.3) is 5.92 Å². The molecular formula is C25H25F2N9O2. The van der Waals surface area contributed by atoms with Crippen molar-refractivity contribution in [3.05, 3.63) is 72.1 Å². The molecule has 5 aromatic rings. The normalized spacial score (nSPS) is 15.7. The fourth-order valence-corrected chi connectivity index (χ4v) is 3.94. The minimum absolute atomic E-state index is 0.0421. The first kappa shape index (κ1) is 25.1. The lowest BCUT2D eigenvalue weighted by Crippen LogP contribution is -2.03. The van der Waals surface area contributed by atoms with E-state index in [1.165, 1.54) is 4.80 Å². The van der Waals surface area contributed by atoms with E-state index in [0.29, 0.717) is 24.3 Å². The number of alkyl halides is 2. The van der Waals surface area contributed by atoms with E-state index in [1.807, 2.05) is 49.2 Å². The van der Waals surface area contributed by atoms with Gasteiger partial charge in [-0.1, -0.05) is 6.07 Å². The zero-order chi connectivity index (χ0) is 26.9. The zero-order valence-electron chi connectivity index (χ0n) is 20.7. The van der Waals surface area contributed by atoms with Crippen molar-refractivity contribution in [3.63, 3.8) is 0 Å². The molecule has 1 atom stereocenters. The lowest BCUT2D eigenvalue weighted by molar-refractivity contribution is -0.105. The molecule has 4 aromatic heterocycles. The Bertz CT molecular complexity index is 1590. The molecule has 196 valence electrons. The fraction of sp³-hybridized carbons (Fsp3) is 0.280. The standard InChI is InChI=1S/C13H14N4O.C12H11F2N5O/c1-10-7-15-17-3-2-11(6-13(10)17)12-8-14-16(9-12)4-5-18;1-7-2-3-8(4-10(7)15-6-20)19-17-11(16-18-19)9-5-12(9,13)14/h2-3,6-9,18H,4-5H2,1H3;2-4,6,9H,5H2,1H3,(H,15,20). The number of fused-ring (bicyclic) bond motifs is 1. The van der Waals surface area contributed by atoms with Crippen LogP contribution in [-0.4, -0.2) is 63.6 Å². The highest BCUT2D eigenvalue weighted by molar-refractivity contribution is 5.74. The van der Waals surface area contributed by atoms with Crippen LogP contribution in [0.2, 0.25) is 0 Å². The van der Waals surface area contributed by atoms with Gasteiger partial charge in [0, 0.05) is 30.1 Å². The van der Waals surface area contributed by atoms with Crippen LogP contribution in [0.3, 0.4) is 0 Å². The van der Waals surface area contributed by atoms with Crippen LogP contribution in [0.5, 0.6) is 0 Å². The summed E-state index contributed by atoms with van der Waals surface area (Å²) in [6.07, 6.45) is 7.89. The number of aliphatic hydroxyl groups excluding tert-OH is 1. The number of nitrogens with one attached hydrogen (secondary N) is 1. The van der Waals surface area contributed by atoms with E-state index < -0.39 is 11.8 Å². The number of carbonyl (C=O) groups is 1. The van der Waals surface area contributed by atoms with Crippen molar-refractivity contribution >= 4 is 17.6 Å². The number of anilines is 1. The van der Waals surface area contributed by atoms with Crippen molar-refractivity contribution in [1.82, 2.24) is 39.6 Å². The molecule has 1 saturated carbocycles. The summed E-state index contributed by atoms with van der Waals surface area (Å²) in [4.78, 5) is 11.7. The smallest absolute Gasteiger partial charge is 0.259 e. The van der Waals surface area contributed by atoms with Crippen molar-refractivity contribution in [2.75, 3.05) is 11.9 Å². The van der Waals surface area contributed by atoms with Gasteiger partial charge in [0.2, 0.25) is 6.41 Å². The third kappa shape index (κ3) is 5.13. The van der Waals surface area contributed by atoms with Gasteiger partial charge in [-0.15, -0.1) is 15.0 Å². The van der Waals surface area contributed by atoms with Crippen LogP contribution < -0.4 is 5.32 Å². The monoisotopic (exact) mass is 521 g/mol. The molecule has 13 heteroatoms. The number of aromatic nitrogens is 8. The Labute approximate surface area is 215 Å². The fourth-order valence-electron chi connectivity index (χ4n) is 3.94. The second-order valence-corrected chi connectivity index (χ2v) is 9.00. The molecular weight excluding hydrogens is 496 g/mol. The highest BCUT2D eigenvalue weighted by Gasteiger charge is 2.60. The van der Waals surface area contributed by atoms with Gasteiger partial charge in [-0.3, -0.25) is 9.48 Å². The summed E-state index contributed by atoms with van der Waals surface area (Å²) < 4.78 is 29.5. The van der Waals surface area contributed by atoms with Crippen molar-refractivity contribution in [3.8, 4) is 16.8 Å². The lowest BCUT2D eigenvalue weighted by Gasteiger charge is -2.06. The second kappa shape index (κ2) is 10.1. The van der Waals surface area contributed by atoms with Crippen LogP contribution >= 0.6 is 0 Å². The summed E-state index contributed by atoms with van der Waals surface area (Å²) in [6, 6.07) is 9.26. The van der Waals surface area contributed by atoms with E-state index >= 15 is 0 Å². The zero-order valence-corrected chi connectivity index (χ0v) is 20.7. The van der Waals surface area contributed by atoms with Gasteiger partial charge in [0.15, 0.2) is 5.82 Å². The summed E-state index contributed by atoms with van der Waals surface area (Å²) in [5, 5.41) is 31.3. The van der Waals surface area contributed by atoms with Crippen LogP contribution in [0.25, 0.3) is 22.3 Å². The first-order valence-corrected chi connectivity index (χ1v) is 11.9. The highest BCUT2D eigenvalue weighted by atomic mass is 19.3. The molecule has 4 heterocycles. The topological polar surface area (TPSA) is 128 Å². The summed E-state index contributed by atoms with van der Waals surface area (Å²) in [6.45, 7) is 4.50. The molecule has 1 amide bonds. The molecule has 0 saturated heterocycles. The second-order valence-electron chi connectivity index (χ2n) is 9.00. The number of tetrazole rings is 1. The Hall–Kier alpha value is -4.52. The maximum absolute atomic E-state index is 12.9. The Balaban J connectivity index is 0.000000156. The maximum Gasteiger partial charge on any atom is 0.259 e. The van der Waals surface area contributed by atoms with Crippen molar-refractivity contribution in [1.29, 1.82) is 0 Å². The number of aliphatic hydroxyl groups is 1. The molecule has 0 bridgehead atoms. The minimum atomic E-state index is -2.72. The van der Waals surface area contributed by atoms with Gasteiger partial charge in [-0.25, -0.2) is 13.3 Å². The lowest BCUT2D eigenvalue weighted by atomic mass is 10.1. The molecule has 0 spiro atoms. The van der Waals surface area contributed by atoms with E-state index in [-0.39, 0.29) is 18.9 Å². The van der Waals surface area contributed by atoms with Crippen LogP contribution in [-0.2, 0) is 11.3 Å². The van der Waals surface area contributed by atoms with Crippen LogP contribution in [0.1, 0.15) is 29.3 Å². The van der Waals surface area contributed by atoms with Crippen molar-refractivity contribution in [2.24, 2.45) is 0 Å². The van der Waals surface area contributed by atoms with Gasteiger partial charge < -0.3 is 10.4 Å². The minimum Gasteiger partial charge on any atom is -0.394 e. The number of amides is 1. The average Bonchev–Trinajstić information content (AvgIpc) is 3.38.